The van der Waals surface area contributed by atoms with Gasteiger partial charge in [-0.1, -0.05) is 28.4 Å². The molecule has 0 aliphatic heterocycles. The minimum atomic E-state index is 0.203. The highest BCUT2D eigenvalue weighted by Gasteiger charge is 2.17. The largest absolute Gasteiger partial charge is 0.492 e. The number of fused-ring (bicyclic) bond motifs is 1. The summed E-state index contributed by atoms with van der Waals surface area (Å²) in [4.78, 5) is 0. The Morgan fingerprint density at radius 2 is 2.19 bits per heavy atom. The lowest BCUT2D eigenvalue weighted by Gasteiger charge is -2.08. The highest BCUT2D eigenvalue weighted by molar-refractivity contribution is 9.10. The molecule has 112 valence electrons. The molecule has 0 fully saturated rings. The summed E-state index contributed by atoms with van der Waals surface area (Å²) >= 11 is 3.45. The van der Waals surface area contributed by atoms with Crippen molar-refractivity contribution >= 4 is 15.9 Å². The molecule has 0 spiro atoms. The first-order chi connectivity index (χ1) is 10.2. The number of aromatic nitrogens is 1. The Kier molecular flexibility index (Phi) is 4.66. The third-order valence-corrected chi connectivity index (χ3v) is 4.52. The number of nitrogens with zero attached hydrogens (tertiary/aromatic N) is 1. The number of ether oxygens (including phenoxy) is 1. The van der Waals surface area contributed by atoms with Gasteiger partial charge in [-0.3, -0.25) is 0 Å². The quantitative estimate of drug-likeness (QED) is 0.846. The highest BCUT2D eigenvalue weighted by atomic mass is 79.9. The van der Waals surface area contributed by atoms with Crippen LogP contribution < -0.4 is 10.5 Å². The Balaban J connectivity index is 1.60. The number of halogens is 1. The van der Waals surface area contributed by atoms with Gasteiger partial charge >= 0.3 is 0 Å². The summed E-state index contributed by atoms with van der Waals surface area (Å²) < 4.78 is 9.05. The predicted molar refractivity (Wildman–Crippen MR) is 88.6 cm³/mol. The smallest absolute Gasteiger partial charge is 0.120 e. The third-order valence-electron chi connectivity index (χ3n) is 4.02. The molecule has 2 aromatic rings. The van der Waals surface area contributed by atoms with Crippen LogP contribution in [0.3, 0.4) is 0 Å². The van der Waals surface area contributed by atoms with Gasteiger partial charge in [0.15, 0.2) is 0 Å². The van der Waals surface area contributed by atoms with E-state index < -0.39 is 0 Å². The molecule has 0 bridgehead atoms. The van der Waals surface area contributed by atoms with Gasteiger partial charge in [-0.15, -0.1) is 0 Å². The Hall–Kier alpha value is -1.26. The zero-order chi connectivity index (χ0) is 14.7. The molecule has 1 aromatic carbocycles. The second kappa shape index (κ2) is 6.67. The van der Waals surface area contributed by atoms with E-state index in [1.165, 1.54) is 24.0 Å². The number of hydrogen-bond donors (Lipinski definition) is 1. The summed E-state index contributed by atoms with van der Waals surface area (Å²) in [6.07, 6.45) is 9.19. The monoisotopic (exact) mass is 348 g/mol. The van der Waals surface area contributed by atoms with E-state index in [-0.39, 0.29) is 6.04 Å². The van der Waals surface area contributed by atoms with Crippen LogP contribution in [0.2, 0.25) is 0 Å². The lowest BCUT2D eigenvalue weighted by Crippen LogP contribution is -2.10. The minimum Gasteiger partial charge on any atom is -0.492 e. The molecule has 1 atom stereocenters. The average molecular weight is 349 g/mol. The van der Waals surface area contributed by atoms with E-state index in [1.54, 1.807) is 0 Å². The van der Waals surface area contributed by atoms with Crippen molar-refractivity contribution in [2.24, 2.45) is 5.73 Å². The van der Waals surface area contributed by atoms with Gasteiger partial charge < -0.3 is 15.0 Å². The van der Waals surface area contributed by atoms with E-state index in [0.29, 0.717) is 6.61 Å². The molecule has 4 heteroatoms. The molecule has 3 rings (SSSR count). The average Bonchev–Trinajstić information content (AvgIpc) is 2.79. The van der Waals surface area contributed by atoms with Gasteiger partial charge in [0.25, 0.3) is 0 Å². The standard InChI is InChI=1S/C17H21BrN2O/c18-14-5-3-6-15(10-14)21-9-8-20-11-13-4-1-2-7-17(19)16(13)12-20/h3,5-6,10-12,17H,1-2,4,7-9,19H2. The van der Waals surface area contributed by atoms with Crippen molar-refractivity contribution in [2.45, 2.75) is 38.3 Å². The van der Waals surface area contributed by atoms with Crippen molar-refractivity contribution in [3.63, 3.8) is 0 Å². The fourth-order valence-electron chi connectivity index (χ4n) is 2.91. The minimum absolute atomic E-state index is 0.203. The summed E-state index contributed by atoms with van der Waals surface area (Å²) in [6, 6.07) is 8.15. The van der Waals surface area contributed by atoms with Crippen LogP contribution in [0.25, 0.3) is 0 Å². The molecule has 21 heavy (non-hydrogen) atoms. The van der Waals surface area contributed by atoms with Gasteiger partial charge in [0, 0.05) is 22.9 Å². The molecule has 2 N–H and O–H groups in total. The summed E-state index contributed by atoms with van der Waals surface area (Å²) in [5.41, 5.74) is 8.99. The van der Waals surface area contributed by atoms with Crippen LogP contribution in [0, 0.1) is 0 Å². The molecule has 0 saturated carbocycles. The lowest BCUT2D eigenvalue weighted by atomic mass is 10.1. The second-order valence-corrected chi connectivity index (χ2v) is 6.55. The van der Waals surface area contributed by atoms with Crippen molar-refractivity contribution in [2.75, 3.05) is 6.61 Å². The normalized spacial score (nSPS) is 18.1. The van der Waals surface area contributed by atoms with Gasteiger partial charge in [0.1, 0.15) is 12.4 Å². The molecular weight excluding hydrogens is 328 g/mol. The van der Waals surface area contributed by atoms with Gasteiger partial charge in [-0.2, -0.15) is 0 Å². The van der Waals surface area contributed by atoms with Crippen LogP contribution in [0.4, 0.5) is 0 Å². The SMILES string of the molecule is NC1CCCCc2cn(CCOc3cccc(Br)c3)cc21. The fraction of sp³-hybridized carbons (Fsp3) is 0.412. The van der Waals surface area contributed by atoms with Crippen molar-refractivity contribution in [1.82, 2.24) is 4.57 Å². The molecule has 1 aliphatic carbocycles. The number of benzene rings is 1. The number of rotatable bonds is 4. The highest BCUT2D eigenvalue weighted by Crippen LogP contribution is 2.27. The van der Waals surface area contributed by atoms with Crippen molar-refractivity contribution in [3.8, 4) is 5.75 Å². The Morgan fingerprint density at radius 1 is 1.29 bits per heavy atom. The van der Waals surface area contributed by atoms with E-state index in [4.69, 9.17) is 10.5 Å². The maximum Gasteiger partial charge on any atom is 0.120 e. The van der Waals surface area contributed by atoms with E-state index in [0.717, 1.165) is 29.6 Å². The third kappa shape index (κ3) is 3.69. The maximum absolute atomic E-state index is 6.25. The van der Waals surface area contributed by atoms with Gasteiger partial charge in [0.2, 0.25) is 0 Å². The fourth-order valence-corrected chi connectivity index (χ4v) is 3.28. The van der Waals surface area contributed by atoms with Crippen LogP contribution in [0.15, 0.2) is 41.1 Å². The summed E-state index contributed by atoms with van der Waals surface area (Å²) in [6.45, 7) is 1.52. The Bertz CT molecular complexity index is 609. The van der Waals surface area contributed by atoms with Crippen molar-refractivity contribution in [1.29, 1.82) is 0 Å². The van der Waals surface area contributed by atoms with Crippen molar-refractivity contribution in [3.05, 3.63) is 52.3 Å². The first-order valence-corrected chi connectivity index (χ1v) is 8.34. The second-order valence-electron chi connectivity index (χ2n) is 5.63. The van der Waals surface area contributed by atoms with Crippen LogP contribution in [-0.2, 0) is 13.0 Å². The molecule has 1 heterocycles. The molecule has 1 aromatic heterocycles. The zero-order valence-corrected chi connectivity index (χ0v) is 13.7. The number of aryl methyl sites for hydroxylation is 1. The van der Waals surface area contributed by atoms with Gasteiger partial charge in [0.05, 0.1) is 6.54 Å². The van der Waals surface area contributed by atoms with Crippen molar-refractivity contribution < 1.29 is 4.74 Å². The molecule has 0 saturated heterocycles. The number of nitrogens with two attached hydrogens (primary N) is 1. The molecule has 1 aliphatic rings. The first-order valence-electron chi connectivity index (χ1n) is 7.55. The van der Waals surface area contributed by atoms with Gasteiger partial charge in [-0.25, -0.2) is 0 Å². The van der Waals surface area contributed by atoms with E-state index >= 15 is 0 Å². The molecule has 0 amide bonds. The van der Waals surface area contributed by atoms with E-state index in [1.807, 2.05) is 24.3 Å². The van der Waals surface area contributed by atoms with Crippen LogP contribution in [0.1, 0.15) is 36.4 Å². The molecule has 3 nitrogen and oxygen atoms in total. The summed E-state index contributed by atoms with van der Waals surface area (Å²) in [5.74, 6) is 0.898. The summed E-state index contributed by atoms with van der Waals surface area (Å²) in [7, 11) is 0. The Morgan fingerprint density at radius 3 is 3.05 bits per heavy atom. The van der Waals surface area contributed by atoms with Crippen LogP contribution >= 0.6 is 15.9 Å². The lowest BCUT2D eigenvalue weighted by molar-refractivity contribution is 0.298. The van der Waals surface area contributed by atoms with E-state index in [2.05, 4.69) is 32.9 Å². The predicted octanol–water partition coefficient (Wildman–Crippen LogP) is 4.06. The zero-order valence-electron chi connectivity index (χ0n) is 12.1. The number of hydrogen-bond acceptors (Lipinski definition) is 2. The molecular formula is C17H21BrN2O. The Labute approximate surface area is 134 Å². The molecule has 1 unspecified atom stereocenters. The summed E-state index contributed by atoms with van der Waals surface area (Å²) in [5, 5.41) is 0. The maximum atomic E-state index is 6.25. The van der Waals surface area contributed by atoms with Crippen LogP contribution in [-0.4, -0.2) is 11.2 Å². The van der Waals surface area contributed by atoms with Crippen LogP contribution in [0.5, 0.6) is 5.75 Å². The van der Waals surface area contributed by atoms with Gasteiger partial charge in [-0.05, 0) is 48.6 Å². The van der Waals surface area contributed by atoms with E-state index in [9.17, 15) is 0 Å². The topological polar surface area (TPSA) is 40.2 Å². The first kappa shape index (κ1) is 14.7. The molecule has 0 radical (unpaired) electrons.